The molecule has 4 rings (SSSR count). The van der Waals surface area contributed by atoms with Crippen molar-refractivity contribution in [2.24, 2.45) is 4.99 Å². The Morgan fingerprint density at radius 3 is 2.13 bits per heavy atom. The lowest BCUT2D eigenvalue weighted by molar-refractivity contribution is -0.112. The van der Waals surface area contributed by atoms with E-state index in [1.807, 2.05) is 48.2 Å². The van der Waals surface area contributed by atoms with Crippen molar-refractivity contribution >= 4 is 23.1 Å². The third kappa shape index (κ3) is 2.40. The minimum Gasteiger partial charge on any atom is -0.361 e. The van der Waals surface area contributed by atoms with Gasteiger partial charge >= 0.3 is 0 Å². The molecule has 0 saturated carbocycles. The normalized spacial score (nSPS) is 19.3. The third-order valence-corrected chi connectivity index (χ3v) is 4.44. The van der Waals surface area contributed by atoms with Gasteiger partial charge in [0.05, 0.1) is 17.9 Å². The van der Waals surface area contributed by atoms with Crippen LogP contribution < -0.4 is 10.2 Å². The molecule has 0 aliphatic carbocycles. The van der Waals surface area contributed by atoms with E-state index in [-0.39, 0.29) is 11.9 Å². The van der Waals surface area contributed by atoms with Crippen LogP contribution in [-0.2, 0) is 17.6 Å². The van der Waals surface area contributed by atoms with Crippen LogP contribution in [0.15, 0.2) is 53.5 Å². The fraction of sp³-hybridized carbons (Fsp3) is 0.263. The predicted molar refractivity (Wildman–Crippen MR) is 92.3 cm³/mol. The van der Waals surface area contributed by atoms with Crippen molar-refractivity contribution in [3.05, 3.63) is 59.7 Å². The van der Waals surface area contributed by atoms with E-state index in [1.54, 1.807) is 0 Å². The Hall–Kier alpha value is -2.62. The van der Waals surface area contributed by atoms with Gasteiger partial charge in [-0.05, 0) is 43.0 Å². The molecule has 2 aromatic rings. The Morgan fingerprint density at radius 2 is 1.61 bits per heavy atom. The fourth-order valence-corrected chi connectivity index (χ4v) is 3.29. The number of para-hydroxylation sites is 2. The zero-order chi connectivity index (χ0) is 15.8. The maximum absolute atomic E-state index is 13.2. The lowest BCUT2D eigenvalue weighted by Gasteiger charge is -2.25. The number of amides is 1. The first-order chi connectivity index (χ1) is 11.2. The molecule has 1 N–H and O–H groups in total. The average molecular weight is 305 g/mol. The second-order valence-electron chi connectivity index (χ2n) is 6.13. The molecular weight excluding hydrogens is 286 g/mol. The standard InChI is InChI=1S/C19H19N3O/c1-13-12-20-18(21-13)19(23)22-16-8-4-2-6-14(16)10-11-15-7-3-5-9-17(15)22/h2-9,13H,10-12H2,1H3,(H,20,21). The van der Waals surface area contributed by atoms with Gasteiger partial charge in [-0.25, -0.2) is 0 Å². The maximum atomic E-state index is 13.2. The summed E-state index contributed by atoms with van der Waals surface area (Å²) in [5, 5.41) is 3.19. The first kappa shape index (κ1) is 14.0. The number of benzene rings is 2. The fourth-order valence-electron chi connectivity index (χ4n) is 3.29. The summed E-state index contributed by atoms with van der Waals surface area (Å²) in [6, 6.07) is 16.5. The molecule has 23 heavy (non-hydrogen) atoms. The van der Waals surface area contributed by atoms with Gasteiger partial charge in [0.15, 0.2) is 5.84 Å². The molecule has 4 heteroatoms. The van der Waals surface area contributed by atoms with E-state index in [2.05, 4.69) is 22.4 Å². The first-order valence-corrected chi connectivity index (χ1v) is 8.05. The topological polar surface area (TPSA) is 44.7 Å². The quantitative estimate of drug-likeness (QED) is 0.880. The van der Waals surface area contributed by atoms with Gasteiger partial charge in [-0.2, -0.15) is 0 Å². The largest absolute Gasteiger partial charge is 0.361 e. The molecule has 4 nitrogen and oxygen atoms in total. The highest BCUT2D eigenvalue weighted by Gasteiger charge is 2.30. The molecule has 2 heterocycles. The molecule has 0 saturated heterocycles. The van der Waals surface area contributed by atoms with Crippen LogP contribution in [0.4, 0.5) is 11.4 Å². The highest BCUT2D eigenvalue weighted by Crippen LogP contribution is 2.36. The number of aryl methyl sites for hydroxylation is 2. The molecule has 1 atom stereocenters. The van der Waals surface area contributed by atoms with Gasteiger partial charge in [0.1, 0.15) is 0 Å². The average Bonchev–Trinajstić information content (AvgIpc) is 2.94. The molecule has 0 radical (unpaired) electrons. The van der Waals surface area contributed by atoms with Crippen molar-refractivity contribution in [2.75, 3.05) is 11.4 Å². The Labute approximate surface area is 135 Å². The van der Waals surface area contributed by atoms with Crippen molar-refractivity contribution in [1.82, 2.24) is 5.32 Å². The van der Waals surface area contributed by atoms with Crippen LogP contribution in [0.1, 0.15) is 18.1 Å². The molecule has 2 aliphatic heterocycles. The van der Waals surface area contributed by atoms with Crippen LogP contribution in [-0.4, -0.2) is 24.3 Å². The number of aliphatic imine (C=N–C) groups is 1. The number of carbonyl (C=O) groups is 1. The van der Waals surface area contributed by atoms with Gasteiger partial charge in [0.25, 0.3) is 5.91 Å². The summed E-state index contributed by atoms with van der Waals surface area (Å²) in [5.41, 5.74) is 4.32. The number of carbonyl (C=O) groups excluding carboxylic acids is 1. The van der Waals surface area contributed by atoms with E-state index in [4.69, 9.17) is 0 Å². The Morgan fingerprint density at radius 1 is 1.04 bits per heavy atom. The number of nitrogens with one attached hydrogen (secondary N) is 1. The first-order valence-electron chi connectivity index (χ1n) is 8.05. The number of anilines is 2. The third-order valence-electron chi connectivity index (χ3n) is 4.44. The molecule has 0 fully saturated rings. The SMILES string of the molecule is CC1CN=C(C(=O)N2c3ccccc3CCc3ccccc32)N1. The van der Waals surface area contributed by atoms with Gasteiger partial charge in [-0.1, -0.05) is 36.4 Å². The second kappa shape index (κ2) is 5.54. The molecule has 0 bridgehead atoms. The second-order valence-corrected chi connectivity index (χ2v) is 6.13. The molecule has 1 unspecified atom stereocenters. The van der Waals surface area contributed by atoms with E-state index < -0.39 is 0 Å². The van der Waals surface area contributed by atoms with Gasteiger partial charge in [-0.3, -0.25) is 14.7 Å². The number of nitrogens with zero attached hydrogens (tertiary/aromatic N) is 2. The Bertz CT molecular complexity index is 749. The van der Waals surface area contributed by atoms with E-state index in [9.17, 15) is 4.79 Å². The van der Waals surface area contributed by atoms with Crippen LogP contribution >= 0.6 is 0 Å². The van der Waals surface area contributed by atoms with Crippen LogP contribution in [0.3, 0.4) is 0 Å². The number of amidine groups is 1. The molecule has 116 valence electrons. The summed E-state index contributed by atoms with van der Waals surface area (Å²) in [6.07, 6.45) is 1.88. The van der Waals surface area contributed by atoms with Gasteiger partial charge < -0.3 is 5.32 Å². The van der Waals surface area contributed by atoms with Gasteiger partial charge in [-0.15, -0.1) is 0 Å². The van der Waals surface area contributed by atoms with E-state index in [1.165, 1.54) is 11.1 Å². The van der Waals surface area contributed by atoms with Crippen LogP contribution in [0, 0.1) is 0 Å². The van der Waals surface area contributed by atoms with Crippen molar-refractivity contribution < 1.29 is 4.79 Å². The molecule has 1 amide bonds. The summed E-state index contributed by atoms with van der Waals surface area (Å²) in [6.45, 7) is 2.69. The van der Waals surface area contributed by atoms with Gasteiger partial charge in [0, 0.05) is 6.04 Å². The Kier molecular flexibility index (Phi) is 3.37. The molecule has 0 spiro atoms. The number of hydrogen-bond acceptors (Lipinski definition) is 3. The number of fused-ring (bicyclic) bond motifs is 2. The highest BCUT2D eigenvalue weighted by atomic mass is 16.2. The summed E-state index contributed by atoms with van der Waals surface area (Å²) >= 11 is 0. The van der Waals surface area contributed by atoms with Crippen molar-refractivity contribution in [3.63, 3.8) is 0 Å². The number of hydrogen-bond donors (Lipinski definition) is 1. The smallest absolute Gasteiger partial charge is 0.297 e. The zero-order valence-electron chi connectivity index (χ0n) is 13.1. The Balaban J connectivity index is 1.85. The van der Waals surface area contributed by atoms with E-state index in [0.29, 0.717) is 12.4 Å². The minimum absolute atomic E-state index is 0.0730. The summed E-state index contributed by atoms with van der Waals surface area (Å²) in [4.78, 5) is 19.4. The zero-order valence-corrected chi connectivity index (χ0v) is 13.1. The number of rotatable bonds is 1. The summed E-state index contributed by atoms with van der Waals surface area (Å²) < 4.78 is 0. The van der Waals surface area contributed by atoms with Crippen molar-refractivity contribution in [1.29, 1.82) is 0 Å². The van der Waals surface area contributed by atoms with E-state index in [0.717, 1.165) is 24.2 Å². The molecule has 0 aromatic heterocycles. The van der Waals surface area contributed by atoms with Crippen molar-refractivity contribution in [3.8, 4) is 0 Å². The van der Waals surface area contributed by atoms with Gasteiger partial charge in [0.2, 0.25) is 0 Å². The van der Waals surface area contributed by atoms with Crippen LogP contribution in [0.2, 0.25) is 0 Å². The molecular formula is C19H19N3O. The predicted octanol–water partition coefficient (Wildman–Crippen LogP) is 2.84. The van der Waals surface area contributed by atoms with E-state index >= 15 is 0 Å². The lowest BCUT2D eigenvalue weighted by Crippen LogP contribution is -2.41. The monoisotopic (exact) mass is 305 g/mol. The molecule has 2 aliphatic rings. The minimum atomic E-state index is -0.0730. The summed E-state index contributed by atoms with van der Waals surface area (Å²) in [5.74, 6) is 0.389. The van der Waals surface area contributed by atoms with Crippen molar-refractivity contribution in [2.45, 2.75) is 25.8 Å². The maximum Gasteiger partial charge on any atom is 0.297 e. The van der Waals surface area contributed by atoms with Crippen LogP contribution in [0.5, 0.6) is 0 Å². The van der Waals surface area contributed by atoms with Crippen LogP contribution in [0.25, 0.3) is 0 Å². The lowest BCUT2D eigenvalue weighted by atomic mass is 10.0. The molecule has 2 aromatic carbocycles. The summed E-state index contributed by atoms with van der Waals surface area (Å²) in [7, 11) is 0. The highest BCUT2D eigenvalue weighted by molar-refractivity contribution is 6.44.